The van der Waals surface area contributed by atoms with Crippen LogP contribution in [0.1, 0.15) is 24.2 Å². The molecule has 6 heteroatoms. The number of halogens is 1. The lowest BCUT2D eigenvalue weighted by Crippen LogP contribution is -2.34. The second-order valence-corrected chi connectivity index (χ2v) is 5.35. The quantitative estimate of drug-likeness (QED) is 0.516. The molecule has 0 spiro atoms. The Balaban J connectivity index is 2.65. The van der Waals surface area contributed by atoms with Crippen LogP contribution in [0, 0.1) is 15.5 Å². The average Bonchev–Trinajstić information content (AvgIpc) is 2.36. The molecule has 0 heterocycles. The summed E-state index contributed by atoms with van der Waals surface area (Å²) in [6.07, 6.45) is 0. The first-order chi connectivity index (χ1) is 8.35. The molecule has 0 aliphatic carbocycles. The van der Waals surface area contributed by atoms with Gasteiger partial charge < -0.3 is 5.32 Å². The van der Waals surface area contributed by atoms with Crippen molar-refractivity contribution in [2.75, 3.05) is 11.9 Å². The molecule has 0 aliphatic rings. The Morgan fingerprint density at radius 1 is 1.39 bits per heavy atom. The zero-order valence-electron chi connectivity index (χ0n) is 10.3. The summed E-state index contributed by atoms with van der Waals surface area (Å²) in [6, 6.07) is 5.55. The summed E-state index contributed by atoms with van der Waals surface area (Å²) in [6.45, 7) is 4.59. The summed E-state index contributed by atoms with van der Waals surface area (Å²) in [4.78, 5) is 21.8. The number of carbonyl (C=O) groups is 1. The lowest BCUT2D eigenvalue weighted by atomic mass is 9.97. The zero-order valence-corrected chi connectivity index (χ0v) is 11.9. The van der Waals surface area contributed by atoms with Crippen LogP contribution in [0.2, 0.25) is 0 Å². The maximum Gasteiger partial charge on any atom is 0.269 e. The minimum Gasteiger partial charge on any atom is -0.351 e. The second kappa shape index (κ2) is 5.95. The van der Waals surface area contributed by atoms with Gasteiger partial charge in [-0.2, -0.15) is 0 Å². The van der Waals surface area contributed by atoms with Crippen LogP contribution in [0.5, 0.6) is 0 Å². The van der Waals surface area contributed by atoms with Gasteiger partial charge in [-0.3, -0.25) is 14.9 Å². The number of nitro benzene ring substituents is 1. The van der Waals surface area contributed by atoms with Gasteiger partial charge in [-0.1, -0.05) is 29.8 Å². The number of alkyl halides is 1. The number of nitrogens with zero attached hydrogens (tertiary/aromatic N) is 1. The van der Waals surface area contributed by atoms with Crippen molar-refractivity contribution in [3.8, 4) is 0 Å². The van der Waals surface area contributed by atoms with E-state index in [2.05, 4.69) is 21.2 Å². The minimum absolute atomic E-state index is 0.0210. The molecule has 1 aromatic rings. The van der Waals surface area contributed by atoms with Crippen LogP contribution in [0.15, 0.2) is 24.3 Å². The molecule has 0 saturated carbocycles. The number of amides is 1. The molecular weight excluding hydrogens is 300 g/mol. The SMILES string of the molecule is CC(C)(CBr)CNC(=O)c1ccc([N+](=O)[O-])cc1. The smallest absolute Gasteiger partial charge is 0.269 e. The van der Waals surface area contributed by atoms with Gasteiger partial charge in [0, 0.05) is 29.6 Å². The van der Waals surface area contributed by atoms with E-state index in [0.29, 0.717) is 12.1 Å². The number of carbonyl (C=O) groups excluding carboxylic acids is 1. The number of nitrogens with one attached hydrogen (secondary N) is 1. The van der Waals surface area contributed by atoms with E-state index in [9.17, 15) is 14.9 Å². The predicted octanol–water partition coefficient (Wildman–Crippen LogP) is 2.75. The number of non-ortho nitro benzene ring substituents is 1. The van der Waals surface area contributed by atoms with Crippen LogP contribution in [-0.4, -0.2) is 22.7 Å². The predicted molar refractivity (Wildman–Crippen MR) is 73.0 cm³/mol. The molecule has 18 heavy (non-hydrogen) atoms. The molecule has 0 unspecified atom stereocenters. The van der Waals surface area contributed by atoms with Crippen molar-refractivity contribution < 1.29 is 9.72 Å². The van der Waals surface area contributed by atoms with Crippen molar-refractivity contribution in [1.29, 1.82) is 0 Å². The first kappa shape index (κ1) is 14.6. The summed E-state index contributed by atoms with van der Waals surface area (Å²) in [7, 11) is 0. The van der Waals surface area contributed by atoms with E-state index in [0.717, 1.165) is 5.33 Å². The number of hydrogen-bond donors (Lipinski definition) is 1. The fraction of sp³-hybridized carbons (Fsp3) is 0.417. The number of nitro groups is 1. The molecule has 1 aromatic carbocycles. The van der Waals surface area contributed by atoms with Gasteiger partial charge in [-0.15, -0.1) is 0 Å². The average molecular weight is 315 g/mol. The molecule has 1 N–H and O–H groups in total. The maximum absolute atomic E-state index is 11.8. The van der Waals surface area contributed by atoms with E-state index >= 15 is 0 Å². The normalized spacial score (nSPS) is 11.1. The highest BCUT2D eigenvalue weighted by Crippen LogP contribution is 2.17. The Morgan fingerprint density at radius 2 is 1.94 bits per heavy atom. The van der Waals surface area contributed by atoms with Gasteiger partial charge in [0.2, 0.25) is 0 Å². The monoisotopic (exact) mass is 314 g/mol. The fourth-order valence-corrected chi connectivity index (χ4v) is 1.40. The summed E-state index contributed by atoms with van der Waals surface area (Å²) < 4.78 is 0. The molecule has 5 nitrogen and oxygen atoms in total. The summed E-state index contributed by atoms with van der Waals surface area (Å²) in [5.41, 5.74) is 0.370. The molecule has 0 fully saturated rings. The second-order valence-electron chi connectivity index (χ2n) is 4.78. The van der Waals surface area contributed by atoms with E-state index in [1.54, 1.807) is 0 Å². The number of hydrogen-bond acceptors (Lipinski definition) is 3. The van der Waals surface area contributed by atoms with Crippen molar-refractivity contribution >= 4 is 27.5 Å². The Morgan fingerprint density at radius 3 is 2.39 bits per heavy atom. The third-order valence-electron chi connectivity index (χ3n) is 2.43. The Labute approximate surface area is 114 Å². The summed E-state index contributed by atoms with van der Waals surface area (Å²) >= 11 is 3.38. The van der Waals surface area contributed by atoms with Gasteiger partial charge in [0.25, 0.3) is 11.6 Å². The molecule has 0 bridgehead atoms. The van der Waals surface area contributed by atoms with Gasteiger partial charge >= 0.3 is 0 Å². The van der Waals surface area contributed by atoms with E-state index in [1.807, 2.05) is 13.8 Å². The van der Waals surface area contributed by atoms with Crippen molar-refractivity contribution in [2.24, 2.45) is 5.41 Å². The topological polar surface area (TPSA) is 72.2 Å². The number of benzene rings is 1. The van der Waals surface area contributed by atoms with Crippen LogP contribution >= 0.6 is 15.9 Å². The highest BCUT2D eigenvalue weighted by atomic mass is 79.9. The van der Waals surface area contributed by atoms with Crippen molar-refractivity contribution in [3.63, 3.8) is 0 Å². The van der Waals surface area contributed by atoms with Crippen molar-refractivity contribution in [2.45, 2.75) is 13.8 Å². The van der Waals surface area contributed by atoms with Crippen LogP contribution < -0.4 is 5.32 Å². The first-order valence-electron chi connectivity index (χ1n) is 5.44. The molecule has 1 rings (SSSR count). The minimum atomic E-state index is -0.490. The molecule has 0 aliphatic heterocycles. The van der Waals surface area contributed by atoms with Crippen LogP contribution in [0.25, 0.3) is 0 Å². The van der Waals surface area contributed by atoms with E-state index in [4.69, 9.17) is 0 Å². The molecular formula is C12H15BrN2O3. The Kier molecular flexibility index (Phi) is 4.84. The molecule has 98 valence electrons. The standard InChI is InChI=1S/C12H15BrN2O3/c1-12(2,7-13)8-14-11(16)9-3-5-10(6-4-9)15(17)18/h3-6H,7-8H2,1-2H3,(H,14,16). The largest absolute Gasteiger partial charge is 0.351 e. The molecule has 0 saturated heterocycles. The highest BCUT2D eigenvalue weighted by Gasteiger charge is 2.17. The Hall–Kier alpha value is -1.43. The van der Waals surface area contributed by atoms with Crippen LogP contribution in [-0.2, 0) is 0 Å². The van der Waals surface area contributed by atoms with Gasteiger partial charge in [0.05, 0.1) is 4.92 Å². The van der Waals surface area contributed by atoms with Gasteiger partial charge in [0.15, 0.2) is 0 Å². The van der Waals surface area contributed by atoms with E-state index in [1.165, 1.54) is 24.3 Å². The molecule has 0 radical (unpaired) electrons. The zero-order chi connectivity index (χ0) is 13.8. The van der Waals surface area contributed by atoms with Gasteiger partial charge in [-0.05, 0) is 17.5 Å². The van der Waals surface area contributed by atoms with Gasteiger partial charge in [-0.25, -0.2) is 0 Å². The van der Waals surface area contributed by atoms with E-state index in [-0.39, 0.29) is 17.0 Å². The van der Waals surface area contributed by atoms with E-state index < -0.39 is 4.92 Å². The third-order valence-corrected chi connectivity index (χ3v) is 3.95. The van der Waals surface area contributed by atoms with Crippen molar-refractivity contribution in [3.05, 3.63) is 39.9 Å². The summed E-state index contributed by atoms with van der Waals surface area (Å²) in [5.74, 6) is -0.223. The third kappa shape index (κ3) is 4.10. The van der Waals surface area contributed by atoms with Gasteiger partial charge in [0.1, 0.15) is 0 Å². The Bertz CT molecular complexity index is 443. The first-order valence-corrected chi connectivity index (χ1v) is 6.56. The molecule has 0 aromatic heterocycles. The summed E-state index contributed by atoms with van der Waals surface area (Å²) in [5, 5.41) is 14.1. The molecule has 0 atom stereocenters. The molecule has 1 amide bonds. The maximum atomic E-state index is 11.8. The number of rotatable bonds is 5. The van der Waals surface area contributed by atoms with Crippen molar-refractivity contribution in [1.82, 2.24) is 5.32 Å². The van der Waals surface area contributed by atoms with Crippen LogP contribution in [0.4, 0.5) is 5.69 Å². The lowest BCUT2D eigenvalue weighted by molar-refractivity contribution is -0.384. The lowest BCUT2D eigenvalue weighted by Gasteiger charge is -2.21. The fourth-order valence-electron chi connectivity index (χ4n) is 1.20. The highest BCUT2D eigenvalue weighted by molar-refractivity contribution is 9.09. The van der Waals surface area contributed by atoms with Crippen LogP contribution in [0.3, 0.4) is 0 Å².